The summed E-state index contributed by atoms with van der Waals surface area (Å²) in [6.45, 7) is 13.1. The fraction of sp³-hybridized carbons (Fsp3) is 0.130. The van der Waals surface area contributed by atoms with Crippen LogP contribution in [0.1, 0.15) is 68.5 Å². The van der Waals surface area contributed by atoms with Crippen LogP contribution >= 0.6 is 0 Å². The van der Waals surface area contributed by atoms with Gasteiger partial charge in [0.05, 0.1) is 45.6 Å². The molecule has 0 amide bonds. The Morgan fingerprint density at radius 3 is 0.865 bits per heavy atom. The van der Waals surface area contributed by atoms with Crippen molar-refractivity contribution in [1.29, 1.82) is 0 Å². The summed E-state index contributed by atoms with van der Waals surface area (Å²) in [6, 6.07) is 108. The van der Waals surface area contributed by atoms with E-state index in [1.807, 2.05) is 18.2 Å². The lowest BCUT2D eigenvalue weighted by molar-refractivity contribution is 0.815. The second-order valence-corrected chi connectivity index (χ2v) is 25.5. The third-order valence-corrected chi connectivity index (χ3v) is 18.4. The van der Waals surface area contributed by atoms with Crippen LogP contribution in [0.3, 0.4) is 0 Å². The average Bonchev–Trinajstić information content (AvgIpc) is 0.785. The van der Waals surface area contributed by atoms with Crippen molar-refractivity contribution in [3.63, 3.8) is 0 Å². The molecule has 14 rings (SSSR count). The van der Waals surface area contributed by atoms with Crippen LogP contribution in [-0.4, -0.2) is 19.9 Å². The Morgan fingerprint density at radius 1 is 0.198 bits per heavy atom. The Hall–Kier alpha value is -11.2. The maximum absolute atomic E-state index is 5.47. The normalized spacial score (nSPS) is 11.1. The number of aryl methyl sites for hydroxylation is 10. The zero-order chi connectivity index (χ0) is 65.7. The van der Waals surface area contributed by atoms with E-state index in [9.17, 15) is 0 Å². The largest absolute Gasteiger partial charge is 0.243 e. The molecule has 4 nitrogen and oxygen atoms in total. The minimum Gasteiger partial charge on any atom is -0.243 e. The molecule has 0 bridgehead atoms. The Balaban J connectivity index is 0.000000176. The first-order valence-electron chi connectivity index (χ1n) is 33.8. The van der Waals surface area contributed by atoms with Gasteiger partial charge in [-0.2, -0.15) is 0 Å². The maximum Gasteiger partial charge on any atom is 0.0973 e. The Kier molecular flexibility index (Phi) is 19.7. The van der Waals surface area contributed by atoms with E-state index in [4.69, 9.17) is 19.9 Å². The first-order valence-corrected chi connectivity index (χ1v) is 33.8. The molecule has 12 aromatic carbocycles. The predicted octanol–water partition coefficient (Wildman–Crippen LogP) is 23.8. The number of nitrogens with zero attached hydrogens (tertiary/aromatic N) is 4. The third kappa shape index (κ3) is 15.1. The smallest absolute Gasteiger partial charge is 0.0973 e. The fourth-order valence-electron chi connectivity index (χ4n) is 12.9. The number of benzene rings is 12. The second-order valence-electron chi connectivity index (χ2n) is 25.5. The lowest BCUT2D eigenvalue weighted by atomic mass is 9.93. The van der Waals surface area contributed by atoms with Crippen LogP contribution < -0.4 is 0 Å². The van der Waals surface area contributed by atoms with Crippen molar-refractivity contribution >= 4 is 0 Å². The highest BCUT2D eigenvalue weighted by Crippen LogP contribution is 2.41. The van der Waals surface area contributed by atoms with Gasteiger partial charge in [0.1, 0.15) is 0 Å². The predicted molar refractivity (Wildman–Crippen MR) is 404 cm³/mol. The maximum atomic E-state index is 5.47. The second kappa shape index (κ2) is 29.8. The fourth-order valence-corrected chi connectivity index (χ4v) is 12.9. The number of aromatic nitrogens is 4. The summed E-state index contributed by atoms with van der Waals surface area (Å²) in [4.78, 5) is 21.8. The lowest BCUT2D eigenvalue weighted by Gasteiger charge is -2.17. The minimum absolute atomic E-state index is 0.865. The molecule has 0 aliphatic rings. The highest BCUT2D eigenvalue weighted by Gasteiger charge is 2.22. The van der Waals surface area contributed by atoms with Crippen molar-refractivity contribution in [3.05, 3.63) is 359 Å². The molecule has 0 spiro atoms. The molecule has 0 aliphatic carbocycles. The molecule has 0 saturated heterocycles. The van der Waals surface area contributed by atoms with Crippen molar-refractivity contribution in [1.82, 2.24) is 19.9 Å². The van der Waals surface area contributed by atoms with E-state index in [1.54, 1.807) is 0 Å². The molecule has 0 N–H and O–H groups in total. The zero-order valence-electron chi connectivity index (χ0n) is 55.9. The monoisotopic (exact) mass is 1240 g/mol. The SMILES string of the molecule is Cc1ccc(-c2ccc(C)c(-c3cccc(-c4nc(-c5ccccc5)c(-c5ccccc5)nc4-c4ccccc4)c3)c2)cc1.Cc1ccc(C)c(CCCc2ccc(-c3nc(-c4ccccc4)c(-c4ccc(CCCc5cc(C)ccc5C)cc4)nc3-c3ccccc3)cc2)c1. The molecule has 468 valence electrons. The van der Waals surface area contributed by atoms with Gasteiger partial charge >= 0.3 is 0 Å². The lowest BCUT2D eigenvalue weighted by Crippen LogP contribution is -2.01. The summed E-state index contributed by atoms with van der Waals surface area (Å²) in [5, 5.41) is 0. The van der Waals surface area contributed by atoms with Gasteiger partial charge in [0, 0.05) is 44.5 Å². The van der Waals surface area contributed by atoms with E-state index in [1.165, 1.54) is 72.3 Å². The molecule has 0 aliphatic heterocycles. The summed E-state index contributed by atoms with van der Waals surface area (Å²) in [6.07, 6.45) is 6.51. The van der Waals surface area contributed by atoms with Crippen LogP contribution in [0.2, 0.25) is 0 Å². The van der Waals surface area contributed by atoms with Gasteiger partial charge in [0.15, 0.2) is 0 Å². The molecule has 0 radical (unpaired) electrons. The van der Waals surface area contributed by atoms with E-state index in [0.717, 1.165) is 134 Å². The van der Waals surface area contributed by atoms with Gasteiger partial charge in [-0.1, -0.05) is 308 Å². The van der Waals surface area contributed by atoms with Crippen LogP contribution in [0.4, 0.5) is 0 Å². The van der Waals surface area contributed by atoms with Gasteiger partial charge in [-0.3, -0.25) is 0 Å². The van der Waals surface area contributed by atoms with Crippen molar-refractivity contribution in [3.8, 4) is 112 Å². The highest BCUT2D eigenvalue weighted by atomic mass is 14.9. The molecule has 0 saturated carbocycles. The molecule has 0 atom stereocenters. The van der Waals surface area contributed by atoms with Gasteiger partial charge in [-0.25, -0.2) is 19.9 Å². The Bertz CT molecular complexity index is 4770. The zero-order valence-corrected chi connectivity index (χ0v) is 55.9. The first kappa shape index (κ1) is 63.6. The van der Waals surface area contributed by atoms with E-state index in [-0.39, 0.29) is 0 Å². The topological polar surface area (TPSA) is 51.6 Å². The number of rotatable bonds is 18. The van der Waals surface area contributed by atoms with Crippen molar-refractivity contribution in [2.45, 2.75) is 80.1 Å². The van der Waals surface area contributed by atoms with Crippen molar-refractivity contribution in [2.24, 2.45) is 0 Å². The van der Waals surface area contributed by atoms with Crippen LogP contribution in [0.15, 0.2) is 303 Å². The molecule has 14 aromatic rings. The quantitative estimate of drug-likeness (QED) is 0.0859. The summed E-state index contributed by atoms with van der Waals surface area (Å²) >= 11 is 0. The van der Waals surface area contributed by atoms with Crippen molar-refractivity contribution in [2.75, 3.05) is 0 Å². The molecular weight excluding hydrogens is 1160 g/mol. The molecule has 0 unspecified atom stereocenters. The van der Waals surface area contributed by atoms with Gasteiger partial charge in [0.25, 0.3) is 0 Å². The van der Waals surface area contributed by atoms with E-state index in [0.29, 0.717) is 0 Å². The molecule has 96 heavy (non-hydrogen) atoms. The van der Waals surface area contributed by atoms with E-state index >= 15 is 0 Å². The van der Waals surface area contributed by atoms with Crippen LogP contribution in [0.25, 0.3) is 112 Å². The van der Waals surface area contributed by atoms with Gasteiger partial charge in [-0.15, -0.1) is 0 Å². The summed E-state index contributed by atoms with van der Waals surface area (Å²) in [7, 11) is 0. The van der Waals surface area contributed by atoms with E-state index < -0.39 is 0 Å². The standard InChI is InChI=1S/C50H48N2.C42H32N2/c1-35-21-23-37(3)45(33-35)19-11-13-39-25-29-43(30-26-39)49-47(41-15-7-5-8-16-41)52-50(48(51-49)42-17-9-6-10-18-42)44-31-27-40(28-32-44)14-12-20-46-34-36(2)22-24-38(46)4;1-29-21-24-31(25-22-29)35-26-23-30(2)38(28-35)36-19-12-20-37(27-36)42-41(34-17-10-5-11-18-34)43-39(32-13-6-3-7-14-32)40(44-42)33-15-8-4-9-16-33/h5-10,15-18,21-34H,11-14,19-20H2,1-4H3;3-28H,1-2H3. The van der Waals surface area contributed by atoms with Crippen LogP contribution in [-0.2, 0) is 25.7 Å². The van der Waals surface area contributed by atoms with Gasteiger partial charge < -0.3 is 0 Å². The first-order chi connectivity index (χ1) is 47.0. The highest BCUT2D eigenvalue weighted by molar-refractivity contribution is 5.89. The summed E-state index contributed by atoms with van der Waals surface area (Å²) in [5.74, 6) is 0. The molecule has 0 fully saturated rings. The third-order valence-electron chi connectivity index (χ3n) is 18.4. The van der Waals surface area contributed by atoms with Gasteiger partial charge in [0.2, 0.25) is 0 Å². The molecule has 4 heteroatoms. The molecule has 2 aromatic heterocycles. The summed E-state index contributed by atoms with van der Waals surface area (Å²) < 4.78 is 0. The average molecular weight is 1240 g/mol. The Morgan fingerprint density at radius 2 is 0.490 bits per heavy atom. The molecule has 2 heterocycles. The molecular formula is C92H80N4. The number of hydrogen-bond acceptors (Lipinski definition) is 4. The van der Waals surface area contributed by atoms with Crippen LogP contribution in [0.5, 0.6) is 0 Å². The van der Waals surface area contributed by atoms with Gasteiger partial charge in [-0.05, 0) is 153 Å². The Labute approximate surface area is 567 Å². The minimum atomic E-state index is 0.865. The summed E-state index contributed by atoms with van der Waals surface area (Å²) in [5.41, 5.74) is 33.8. The van der Waals surface area contributed by atoms with Crippen LogP contribution in [0, 0.1) is 41.5 Å². The number of hydrogen-bond donors (Lipinski definition) is 0. The van der Waals surface area contributed by atoms with Crippen molar-refractivity contribution < 1.29 is 0 Å². The van der Waals surface area contributed by atoms with E-state index in [2.05, 4.69) is 327 Å².